The first-order chi connectivity index (χ1) is 41.2. The average Bonchev–Trinajstić information content (AvgIpc) is 2.32. The molecule has 0 saturated heterocycles. The van der Waals surface area contributed by atoms with E-state index in [0.717, 1.165) is 33.4 Å². The van der Waals surface area contributed by atoms with Gasteiger partial charge >= 0.3 is 23.9 Å². The smallest absolute Gasteiger partial charge is 0.348 e. The number of carbonyl (C=O) groups is 4. The number of esters is 4. The van der Waals surface area contributed by atoms with E-state index >= 15 is 0 Å². The summed E-state index contributed by atoms with van der Waals surface area (Å²) < 4.78 is 69.0. The van der Waals surface area contributed by atoms with Crippen molar-refractivity contribution < 1.29 is 76.0 Å². The molecule has 6 aromatic rings. The lowest BCUT2D eigenvalue weighted by Gasteiger charge is -2.39. The van der Waals surface area contributed by atoms with Crippen molar-refractivity contribution in [3.63, 3.8) is 0 Å². The Labute approximate surface area is 505 Å². The third kappa shape index (κ3) is 15.9. The molecule has 2 aliphatic rings. The highest BCUT2D eigenvalue weighted by Crippen LogP contribution is 2.43. The number of hydrogen-bond acceptors (Lipinski definition) is 18. The number of halogens is 2. The highest BCUT2D eigenvalue weighted by Gasteiger charge is 2.38. The van der Waals surface area contributed by atoms with Gasteiger partial charge in [0.15, 0.2) is 46.0 Å². The van der Waals surface area contributed by atoms with Crippen LogP contribution >= 0.6 is 23.2 Å². The summed E-state index contributed by atoms with van der Waals surface area (Å²) in [4.78, 5) is 60.3. The lowest BCUT2D eigenvalue weighted by Crippen LogP contribution is -2.45. The zero-order valence-electron chi connectivity index (χ0n) is 49.1. The monoisotopic (exact) mass is 1210 g/mol. The molecule has 0 bridgehead atoms. The molecule has 4 unspecified atom stereocenters. The molecule has 6 aromatic carbocycles. The highest BCUT2D eigenvalue weighted by molar-refractivity contribution is 6.31. The molecular formula is C65H72Cl2N2O16. The predicted octanol–water partition coefficient (Wildman–Crippen LogP) is 10.8. The maximum Gasteiger partial charge on any atom is 0.348 e. The molecule has 2 aliphatic heterocycles. The Kier molecular flexibility index (Phi) is 22.5. The maximum absolute atomic E-state index is 14.3. The molecule has 0 fully saturated rings. The molecule has 85 heavy (non-hydrogen) atoms. The van der Waals surface area contributed by atoms with Gasteiger partial charge in [-0.2, -0.15) is 0 Å². The van der Waals surface area contributed by atoms with Crippen molar-refractivity contribution in [3.8, 4) is 46.0 Å². The standard InChI is InChI=1S/C65H72Cl2N2O16/c1-74-52-22-12-40(32-54(52)76-3)30-50-48-36-58(80-7)56(78-5)34-44(48)24-26-68(50)38-60(84-62(70)42-14-18-46(66)19-15-42)64(72)82-28-10-9-11-29-83-65(73)61(85-63(71)43-16-20-47(67)21-17-43)39-69-27-25-45-35-57(79-6)59(81-8)37-49(45)51(69)31-41-13-23-53(75-2)55(33-41)77-4/h12-23,32-37,50-51,60-61H,9-11,24-31,38-39H2,1-8H3. The zero-order chi connectivity index (χ0) is 60.6. The van der Waals surface area contributed by atoms with Crippen LogP contribution in [0.4, 0.5) is 0 Å². The van der Waals surface area contributed by atoms with Gasteiger partial charge < -0.3 is 56.8 Å². The van der Waals surface area contributed by atoms with Crippen molar-refractivity contribution in [2.45, 2.75) is 69.2 Å². The zero-order valence-corrected chi connectivity index (χ0v) is 50.6. The Morgan fingerprint density at radius 3 is 1.13 bits per heavy atom. The summed E-state index contributed by atoms with van der Waals surface area (Å²) in [5.41, 5.74) is 6.28. The first-order valence-electron chi connectivity index (χ1n) is 27.9. The van der Waals surface area contributed by atoms with Gasteiger partial charge in [-0.3, -0.25) is 9.80 Å². The van der Waals surface area contributed by atoms with Gasteiger partial charge in [0, 0.05) is 48.3 Å². The lowest BCUT2D eigenvalue weighted by molar-refractivity contribution is -0.155. The molecule has 20 heteroatoms. The van der Waals surface area contributed by atoms with Gasteiger partial charge in [-0.15, -0.1) is 0 Å². The van der Waals surface area contributed by atoms with E-state index in [1.165, 1.54) is 24.3 Å². The number of hydrogen-bond donors (Lipinski definition) is 0. The number of ether oxygens (including phenoxy) is 12. The fourth-order valence-electron chi connectivity index (χ4n) is 10.8. The lowest BCUT2D eigenvalue weighted by atomic mass is 9.87. The van der Waals surface area contributed by atoms with Gasteiger partial charge in [0.25, 0.3) is 0 Å². The third-order valence-electron chi connectivity index (χ3n) is 15.2. The van der Waals surface area contributed by atoms with E-state index in [2.05, 4.69) is 9.80 Å². The minimum absolute atomic E-state index is 0.00648. The van der Waals surface area contributed by atoms with Crippen LogP contribution in [0.5, 0.6) is 46.0 Å². The Hall–Kier alpha value is -7.90. The number of fused-ring (bicyclic) bond motifs is 2. The summed E-state index contributed by atoms with van der Waals surface area (Å²) in [5, 5.41) is 0.863. The molecule has 452 valence electrons. The molecule has 0 aromatic heterocycles. The van der Waals surface area contributed by atoms with Crippen LogP contribution in [0.25, 0.3) is 0 Å². The van der Waals surface area contributed by atoms with Gasteiger partial charge in [-0.05, 0) is 175 Å². The van der Waals surface area contributed by atoms with Gasteiger partial charge in [-0.1, -0.05) is 35.3 Å². The van der Waals surface area contributed by atoms with Crippen molar-refractivity contribution in [3.05, 3.63) is 164 Å². The van der Waals surface area contributed by atoms with E-state index in [1.54, 1.807) is 81.1 Å². The van der Waals surface area contributed by atoms with E-state index < -0.39 is 36.1 Å². The number of carbonyl (C=O) groups excluding carboxylic acids is 4. The molecule has 18 nitrogen and oxygen atoms in total. The van der Waals surface area contributed by atoms with Crippen LogP contribution in [-0.2, 0) is 54.2 Å². The largest absolute Gasteiger partial charge is 0.493 e. The molecule has 2 heterocycles. The van der Waals surface area contributed by atoms with Crippen LogP contribution < -0.4 is 37.9 Å². The second-order valence-corrected chi connectivity index (χ2v) is 21.2. The summed E-state index contributed by atoms with van der Waals surface area (Å²) in [6.07, 6.45) is 0.713. The Morgan fingerprint density at radius 2 is 0.776 bits per heavy atom. The van der Waals surface area contributed by atoms with Crippen LogP contribution in [0.1, 0.15) is 85.4 Å². The molecule has 0 spiro atoms. The van der Waals surface area contributed by atoms with Crippen molar-refractivity contribution >= 4 is 47.1 Å². The Morgan fingerprint density at radius 1 is 0.435 bits per heavy atom. The van der Waals surface area contributed by atoms with E-state index in [1.807, 2.05) is 60.7 Å². The van der Waals surface area contributed by atoms with E-state index in [0.29, 0.717) is 114 Å². The van der Waals surface area contributed by atoms with E-state index in [9.17, 15) is 19.2 Å². The fraction of sp³-hybridized carbons (Fsp3) is 0.385. The number of methoxy groups -OCH3 is 8. The van der Waals surface area contributed by atoms with Crippen LogP contribution in [0.3, 0.4) is 0 Å². The second-order valence-electron chi connectivity index (χ2n) is 20.3. The van der Waals surface area contributed by atoms with Crippen LogP contribution in [-0.4, -0.2) is 142 Å². The van der Waals surface area contributed by atoms with Gasteiger partial charge in [0.1, 0.15) is 0 Å². The first-order valence-corrected chi connectivity index (χ1v) is 28.6. The van der Waals surface area contributed by atoms with Gasteiger partial charge in [0.2, 0.25) is 12.2 Å². The fourth-order valence-corrected chi connectivity index (χ4v) is 11.0. The summed E-state index contributed by atoms with van der Waals surface area (Å²) in [6, 6.07) is 31.0. The van der Waals surface area contributed by atoms with E-state index in [4.69, 9.17) is 80.0 Å². The molecular weight excluding hydrogens is 1140 g/mol. The summed E-state index contributed by atoms with van der Waals surface area (Å²) in [6.45, 7) is 0.943. The van der Waals surface area contributed by atoms with Crippen LogP contribution in [0.2, 0.25) is 10.0 Å². The average molecular weight is 1210 g/mol. The molecule has 8 rings (SSSR count). The minimum Gasteiger partial charge on any atom is -0.493 e. The quantitative estimate of drug-likeness (QED) is 0.0256. The number of benzene rings is 6. The van der Waals surface area contributed by atoms with E-state index in [-0.39, 0.29) is 49.5 Å². The van der Waals surface area contributed by atoms with Gasteiger partial charge in [-0.25, -0.2) is 19.2 Å². The second kappa shape index (κ2) is 30.3. The maximum atomic E-state index is 14.3. The Bertz CT molecular complexity index is 3050. The minimum atomic E-state index is -1.34. The van der Waals surface area contributed by atoms with Crippen molar-refractivity contribution in [1.29, 1.82) is 0 Å². The molecule has 0 saturated carbocycles. The SMILES string of the molecule is COc1ccc(CC2c3cc(OC)c(OC)cc3CCN2CC(OC(=O)c2ccc(Cl)cc2)C(=O)OCCCCCOC(=O)C(CN2CCc3cc(OC)c(OC)cc3C2Cc2ccc(OC)c(OC)c2)OC(=O)c2ccc(Cl)cc2)cc1OC. The number of unbranched alkanes of at least 4 members (excludes halogenated alkanes) is 2. The Balaban J connectivity index is 0.956. The summed E-state index contributed by atoms with van der Waals surface area (Å²) in [7, 11) is 12.6. The third-order valence-corrected chi connectivity index (χ3v) is 15.7. The van der Waals surface area contributed by atoms with Crippen molar-refractivity contribution in [2.75, 3.05) is 96.3 Å². The molecule has 0 aliphatic carbocycles. The predicted molar refractivity (Wildman–Crippen MR) is 319 cm³/mol. The topological polar surface area (TPSA) is 186 Å². The molecule has 0 amide bonds. The highest BCUT2D eigenvalue weighted by atomic mass is 35.5. The van der Waals surface area contributed by atoms with Crippen molar-refractivity contribution in [2.24, 2.45) is 0 Å². The van der Waals surface area contributed by atoms with Crippen LogP contribution in [0.15, 0.2) is 109 Å². The summed E-state index contributed by atoms with van der Waals surface area (Å²) >= 11 is 12.3. The van der Waals surface area contributed by atoms with Crippen molar-refractivity contribution in [1.82, 2.24) is 9.80 Å². The normalized spacial score (nSPS) is 15.4. The molecule has 0 N–H and O–H groups in total. The molecule has 0 radical (unpaired) electrons. The molecule has 4 atom stereocenters. The first kappa shape index (κ1) is 63.1. The van der Waals surface area contributed by atoms with Gasteiger partial charge in [0.05, 0.1) is 81.2 Å². The van der Waals surface area contributed by atoms with Crippen LogP contribution in [0, 0.1) is 0 Å². The summed E-state index contributed by atoms with van der Waals surface area (Å²) in [5.74, 6) is 1.65. The number of rotatable bonds is 28. The number of nitrogens with zero attached hydrogens (tertiary/aromatic N) is 2.